The Morgan fingerprint density at radius 1 is 1.24 bits per heavy atom. The molecule has 2 unspecified atom stereocenters. The molecule has 0 aromatic heterocycles. The number of hydrogen-bond donors (Lipinski definition) is 1. The van der Waals surface area contributed by atoms with Crippen molar-refractivity contribution in [1.82, 2.24) is 5.32 Å². The van der Waals surface area contributed by atoms with Crippen LogP contribution in [-0.2, 0) is 10.8 Å². The van der Waals surface area contributed by atoms with Crippen LogP contribution in [0.4, 0.5) is 0 Å². The third-order valence-corrected chi connectivity index (χ3v) is 5.18. The van der Waals surface area contributed by atoms with Gasteiger partial charge >= 0.3 is 0 Å². The predicted molar refractivity (Wildman–Crippen MR) is 86.6 cm³/mol. The first kappa shape index (κ1) is 16.3. The Balaban J connectivity index is 2.17. The molecule has 0 fully saturated rings. The summed E-state index contributed by atoms with van der Waals surface area (Å²) in [4.78, 5) is 0. The number of fused-ring (bicyclic) bond motifs is 1. The maximum absolute atomic E-state index is 12.2. The van der Waals surface area contributed by atoms with Crippen molar-refractivity contribution >= 4 is 10.8 Å². The molecule has 2 rings (SSSR count). The van der Waals surface area contributed by atoms with Gasteiger partial charge in [0.25, 0.3) is 0 Å². The van der Waals surface area contributed by atoms with Crippen molar-refractivity contribution in [2.24, 2.45) is 0 Å². The van der Waals surface area contributed by atoms with Gasteiger partial charge in [0, 0.05) is 27.8 Å². The lowest BCUT2D eigenvalue weighted by atomic mass is 10.1. The fourth-order valence-corrected chi connectivity index (χ4v) is 3.25. The minimum atomic E-state index is -0.842. The van der Waals surface area contributed by atoms with Crippen molar-refractivity contribution in [3.05, 3.63) is 23.8 Å². The van der Waals surface area contributed by atoms with Gasteiger partial charge in [-0.1, -0.05) is 26.8 Å². The van der Waals surface area contributed by atoms with Crippen molar-refractivity contribution in [3.8, 4) is 11.5 Å². The Hall–Kier alpha value is -1.07. The fraction of sp³-hybridized carbons (Fsp3) is 0.625. The van der Waals surface area contributed by atoms with Crippen LogP contribution in [0.15, 0.2) is 18.2 Å². The van der Waals surface area contributed by atoms with Crippen LogP contribution in [0.3, 0.4) is 0 Å². The molecular formula is C16H25NO3S. The van der Waals surface area contributed by atoms with Crippen LogP contribution in [0.25, 0.3) is 0 Å². The molecule has 4 nitrogen and oxygen atoms in total. The van der Waals surface area contributed by atoms with E-state index in [-0.39, 0.29) is 11.3 Å². The summed E-state index contributed by atoms with van der Waals surface area (Å²) in [5.74, 6) is 2.21. The fourth-order valence-electron chi connectivity index (χ4n) is 2.22. The van der Waals surface area contributed by atoms with E-state index < -0.39 is 10.8 Å². The van der Waals surface area contributed by atoms with Gasteiger partial charge in [0.15, 0.2) is 11.5 Å². The van der Waals surface area contributed by atoms with E-state index in [0.29, 0.717) is 19.0 Å². The van der Waals surface area contributed by atoms with Gasteiger partial charge in [0.05, 0.1) is 0 Å². The van der Waals surface area contributed by atoms with Gasteiger partial charge in [-0.05, 0) is 30.7 Å². The standard InChI is InChI=1S/C16H25NO3S/c1-4-7-17-14(11-21(18)12(2)3)13-5-6-15-16(10-13)20-9-8-19-15/h5-6,10,12,14,17H,4,7-9,11H2,1-3H3. The highest BCUT2D eigenvalue weighted by Crippen LogP contribution is 2.33. The minimum absolute atomic E-state index is 0.0870. The molecule has 21 heavy (non-hydrogen) atoms. The average Bonchev–Trinajstić information content (AvgIpc) is 2.50. The number of benzene rings is 1. The number of ether oxygens (including phenoxy) is 2. The summed E-state index contributed by atoms with van der Waals surface area (Å²) in [6.07, 6.45) is 1.05. The summed E-state index contributed by atoms with van der Waals surface area (Å²) in [7, 11) is -0.842. The van der Waals surface area contributed by atoms with Gasteiger partial charge in [-0.3, -0.25) is 4.21 Å². The first-order chi connectivity index (χ1) is 10.1. The third-order valence-electron chi connectivity index (χ3n) is 3.47. The molecule has 2 atom stereocenters. The molecule has 1 aromatic rings. The van der Waals surface area contributed by atoms with Crippen molar-refractivity contribution < 1.29 is 13.7 Å². The summed E-state index contributed by atoms with van der Waals surface area (Å²) in [5, 5.41) is 3.66. The molecule has 0 saturated carbocycles. The van der Waals surface area contributed by atoms with E-state index in [1.807, 2.05) is 32.0 Å². The quantitative estimate of drug-likeness (QED) is 0.841. The van der Waals surface area contributed by atoms with Crippen LogP contribution in [0.2, 0.25) is 0 Å². The van der Waals surface area contributed by atoms with Crippen LogP contribution < -0.4 is 14.8 Å². The van der Waals surface area contributed by atoms with Crippen molar-refractivity contribution in [3.63, 3.8) is 0 Å². The Morgan fingerprint density at radius 2 is 1.95 bits per heavy atom. The smallest absolute Gasteiger partial charge is 0.161 e. The molecular weight excluding hydrogens is 286 g/mol. The topological polar surface area (TPSA) is 47.6 Å². The zero-order valence-corrected chi connectivity index (χ0v) is 13.9. The molecule has 0 spiro atoms. The highest BCUT2D eigenvalue weighted by Gasteiger charge is 2.19. The lowest BCUT2D eigenvalue weighted by Gasteiger charge is -2.23. The zero-order chi connectivity index (χ0) is 15.2. The lowest BCUT2D eigenvalue weighted by molar-refractivity contribution is 0.171. The lowest BCUT2D eigenvalue weighted by Crippen LogP contribution is -2.29. The van der Waals surface area contributed by atoms with Crippen LogP contribution in [0, 0.1) is 0 Å². The van der Waals surface area contributed by atoms with E-state index >= 15 is 0 Å². The summed E-state index contributed by atoms with van der Waals surface area (Å²) in [5.41, 5.74) is 1.11. The Morgan fingerprint density at radius 3 is 2.62 bits per heavy atom. The van der Waals surface area contributed by atoms with E-state index in [1.165, 1.54) is 0 Å². The Bertz CT molecular complexity index is 490. The van der Waals surface area contributed by atoms with Gasteiger partial charge in [-0.25, -0.2) is 0 Å². The van der Waals surface area contributed by atoms with Crippen LogP contribution in [0.5, 0.6) is 11.5 Å². The SMILES string of the molecule is CCCNC(CS(=O)C(C)C)c1ccc2c(c1)OCCO2. The van der Waals surface area contributed by atoms with Crippen molar-refractivity contribution in [2.45, 2.75) is 38.5 Å². The van der Waals surface area contributed by atoms with Crippen LogP contribution in [0.1, 0.15) is 38.8 Å². The third kappa shape index (κ3) is 4.45. The van der Waals surface area contributed by atoms with Gasteiger partial charge in [0.2, 0.25) is 0 Å². The monoisotopic (exact) mass is 311 g/mol. The Labute approximate surface area is 129 Å². The number of hydrogen-bond acceptors (Lipinski definition) is 4. The summed E-state index contributed by atoms with van der Waals surface area (Å²) >= 11 is 0. The first-order valence-corrected chi connectivity index (χ1v) is 9.00. The number of nitrogens with one attached hydrogen (secondary N) is 1. The van der Waals surface area contributed by atoms with Crippen molar-refractivity contribution in [2.75, 3.05) is 25.5 Å². The number of rotatable bonds is 7. The average molecular weight is 311 g/mol. The molecule has 1 N–H and O–H groups in total. The molecule has 0 amide bonds. The highest BCUT2D eigenvalue weighted by atomic mass is 32.2. The second-order valence-electron chi connectivity index (χ2n) is 5.51. The maximum atomic E-state index is 12.2. The maximum Gasteiger partial charge on any atom is 0.161 e. The summed E-state index contributed by atoms with van der Waals surface area (Å²) < 4.78 is 23.4. The van der Waals surface area contributed by atoms with Crippen LogP contribution in [-0.4, -0.2) is 35.0 Å². The zero-order valence-electron chi connectivity index (χ0n) is 13.1. The highest BCUT2D eigenvalue weighted by molar-refractivity contribution is 7.85. The van der Waals surface area contributed by atoms with E-state index in [4.69, 9.17) is 9.47 Å². The predicted octanol–water partition coefficient (Wildman–Crippen LogP) is 2.66. The normalized spacial score (nSPS) is 16.8. The molecule has 118 valence electrons. The van der Waals surface area contributed by atoms with Gasteiger partial charge in [-0.15, -0.1) is 0 Å². The largest absolute Gasteiger partial charge is 0.486 e. The summed E-state index contributed by atoms with van der Waals surface area (Å²) in [6, 6.07) is 6.09. The second kappa shape index (κ2) is 7.80. The van der Waals surface area contributed by atoms with E-state index in [2.05, 4.69) is 12.2 Å². The van der Waals surface area contributed by atoms with Gasteiger partial charge in [-0.2, -0.15) is 0 Å². The molecule has 0 aliphatic carbocycles. The minimum Gasteiger partial charge on any atom is -0.486 e. The second-order valence-corrected chi connectivity index (χ2v) is 7.54. The molecule has 1 aliphatic rings. The molecule has 1 aliphatic heterocycles. The molecule has 1 heterocycles. The van der Waals surface area contributed by atoms with Gasteiger partial charge < -0.3 is 14.8 Å². The molecule has 5 heteroatoms. The Kier molecular flexibility index (Phi) is 6.06. The summed E-state index contributed by atoms with van der Waals surface area (Å²) in [6.45, 7) is 8.22. The van der Waals surface area contributed by atoms with Crippen LogP contribution >= 0.6 is 0 Å². The van der Waals surface area contributed by atoms with E-state index in [0.717, 1.165) is 30.0 Å². The molecule has 0 radical (unpaired) electrons. The van der Waals surface area contributed by atoms with Crippen molar-refractivity contribution in [1.29, 1.82) is 0 Å². The van der Waals surface area contributed by atoms with E-state index in [1.54, 1.807) is 0 Å². The van der Waals surface area contributed by atoms with Gasteiger partial charge in [0.1, 0.15) is 13.2 Å². The molecule has 0 saturated heterocycles. The molecule has 1 aromatic carbocycles. The molecule has 0 bridgehead atoms. The van der Waals surface area contributed by atoms with E-state index in [9.17, 15) is 4.21 Å². The first-order valence-electron chi connectivity index (χ1n) is 7.62.